The summed E-state index contributed by atoms with van der Waals surface area (Å²) in [6.45, 7) is 5.59. The first-order valence-electron chi connectivity index (χ1n) is 10.2. The fourth-order valence-corrected chi connectivity index (χ4v) is 5.51. The lowest BCUT2D eigenvalue weighted by Gasteiger charge is -2.30. The van der Waals surface area contributed by atoms with Gasteiger partial charge in [0.1, 0.15) is 10.6 Å². The van der Waals surface area contributed by atoms with Gasteiger partial charge in [0, 0.05) is 22.4 Å². The first kappa shape index (κ1) is 21.7. The molecule has 31 heavy (non-hydrogen) atoms. The molecule has 1 atom stereocenters. The molecule has 1 unspecified atom stereocenters. The van der Waals surface area contributed by atoms with Crippen LogP contribution in [0, 0.1) is 6.92 Å². The van der Waals surface area contributed by atoms with Gasteiger partial charge in [-0.2, -0.15) is 4.98 Å². The van der Waals surface area contributed by atoms with Gasteiger partial charge >= 0.3 is 5.97 Å². The SMILES string of the molecule is CCOC(=O)c1c(-c2cccs2)csc1NC(=O)CN1CCCC(c2nc(C)no2)C1. The van der Waals surface area contributed by atoms with E-state index in [1.165, 1.54) is 11.3 Å². The molecule has 1 N–H and O–H groups in total. The molecule has 3 aromatic heterocycles. The number of carbonyl (C=O) groups excluding carboxylic acids is 2. The number of amides is 1. The van der Waals surface area contributed by atoms with E-state index in [-0.39, 0.29) is 25.0 Å². The van der Waals surface area contributed by atoms with E-state index in [4.69, 9.17) is 9.26 Å². The summed E-state index contributed by atoms with van der Waals surface area (Å²) >= 11 is 2.89. The number of carbonyl (C=O) groups is 2. The number of likely N-dealkylation sites (tertiary alicyclic amines) is 1. The van der Waals surface area contributed by atoms with E-state index in [0.29, 0.717) is 28.8 Å². The van der Waals surface area contributed by atoms with E-state index in [2.05, 4.69) is 20.4 Å². The van der Waals surface area contributed by atoms with Gasteiger partial charge in [-0.3, -0.25) is 9.69 Å². The van der Waals surface area contributed by atoms with E-state index in [0.717, 1.165) is 29.8 Å². The van der Waals surface area contributed by atoms with Crippen molar-refractivity contribution in [3.63, 3.8) is 0 Å². The molecule has 1 amide bonds. The number of hydrogen-bond donors (Lipinski definition) is 1. The molecule has 0 bridgehead atoms. The Hall–Kier alpha value is -2.56. The topological polar surface area (TPSA) is 97.6 Å². The Balaban J connectivity index is 1.45. The number of aromatic nitrogens is 2. The average molecular weight is 461 g/mol. The predicted molar refractivity (Wildman–Crippen MR) is 120 cm³/mol. The molecule has 1 aliphatic rings. The van der Waals surface area contributed by atoms with E-state index in [1.807, 2.05) is 22.9 Å². The fraction of sp³-hybridized carbons (Fsp3) is 0.429. The van der Waals surface area contributed by atoms with Gasteiger partial charge in [0.15, 0.2) is 5.82 Å². The molecule has 1 fully saturated rings. The lowest BCUT2D eigenvalue weighted by atomic mass is 9.98. The van der Waals surface area contributed by atoms with Crippen LogP contribution < -0.4 is 5.32 Å². The second-order valence-corrected chi connectivity index (χ2v) is 9.18. The third-order valence-corrected chi connectivity index (χ3v) is 6.87. The highest BCUT2D eigenvalue weighted by Crippen LogP contribution is 2.38. The molecule has 0 saturated carbocycles. The quantitative estimate of drug-likeness (QED) is 0.529. The first-order chi connectivity index (χ1) is 15.0. The van der Waals surface area contributed by atoms with Crippen LogP contribution in [0.5, 0.6) is 0 Å². The number of aryl methyl sites for hydroxylation is 1. The molecule has 4 rings (SSSR count). The molecule has 0 radical (unpaired) electrons. The fourth-order valence-electron chi connectivity index (χ4n) is 3.72. The molecule has 0 aromatic carbocycles. The number of thiophene rings is 2. The molecule has 0 aliphatic carbocycles. The van der Waals surface area contributed by atoms with E-state index in [9.17, 15) is 9.59 Å². The second-order valence-electron chi connectivity index (χ2n) is 7.35. The van der Waals surface area contributed by atoms with Gasteiger partial charge < -0.3 is 14.6 Å². The zero-order valence-electron chi connectivity index (χ0n) is 17.4. The molecule has 1 aliphatic heterocycles. The monoisotopic (exact) mass is 460 g/mol. The van der Waals surface area contributed by atoms with Gasteiger partial charge in [-0.15, -0.1) is 22.7 Å². The number of nitrogens with one attached hydrogen (secondary N) is 1. The minimum Gasteiger partial charge on any atom is -0.462 e. The standard InChI is InChI=1S/C21H24N4O4S2/c1-3-28-21(27)18-15(16-7-5-9-30-16)12-31-20(18)23-17(26)11-25-8-4-6-14(10-25)19-22-13(2)24-29-19/h5,7,9,12,14H,3-4,6,8,10-11H2,1-2H3,(H,23,26). The average Bonchev–Trinajstić information content (AvgIpc) is 3.49. The van der Waals surface area contributed by atoms with E-state index >= 15 is 0 Å². The van der Waals surface area contributed by atoms with Crippen molar-refractivity contribution in [3.8, 4) is 10.4 Å². The summed E-state index contributed by atoms with van der Waals surface area (Å²) in [5.41, 5.74) is 1.21. The van der Waals surface area contributed by atoms with E-state index in [1.54, 1.807) is 25.2 Å². The molecular formula is C21H24N4O4S2. The maximum absolute atomic E-state index is 12.8. The lowest BCUT2D eigenvalue weighted by molar-refractivity contribution is -0.117. The Labute approximate surface area is 188 Å². The minimum atomic E-state index is -0.424. The molecule has 4 heterocycles. The van der Waals surface area contributed by atoms with Gasteiger partial charge in [0.2, 0.25) is 11.8 Å². The number of hydrogen-bond acceptors (Lipinski definition) is 9. The highest BCUT2D eigenvalue weighted by atomic mass is 32.1. The van der Waals surface area contributed by atoms with Crippen molar-refractivity contribution >= 4 is 39.6 Å². The van der Waals surface area contributed by atoms with Crippen molar-refractivity contribution in [2.75, 3.05) is 31.6 Å². The molecule has 8 nitrogen and oxygen atoms in total. The summed E-state index contributed by atoms with van der Waals surface area (Å²) in [5.74, 6) is 0.798. The van der Waals surface area contributed by atoms with E-state index < -0.39 is 5.97 Å². The summed E-state index contributed by atoms with van der Waals surface area (Å²) in [5, 5.41) is 11.2. The molecular weight excluding hydrogens is 436 g/mol. The van der Waals surface area contributed by atoms with Crippen molar-refractivity contribution in [1.82, 2.24) is 15.0 Å². The van der Waals surface area contributed by atoms with Crippen LogP contribution in [0.25, 0.3) is 10.4 Å². The summed E-state index contributed by atoms with van der Waals surface area (Å²) in [7, 11) is 0. The zero-order valence-corrected chi connectivity index (χ0v) is 19.1. The van der Waals surface area contributed by atoms with Crippen molar-refractivity contribution in [2.45, 2.75) is 32.6 Å². The van der Waals surface area contributed by atoms with Crippen molar-refractivity contribution in [3.05, 3.63) is 40.2 Å². The largest absolute Gasteiger partial charge is 0.462 e. The number of nitrogens with zero attached hydrogens (tertiary/aromatic N) is 3. The van der Waals surface area contributed by atoms with Gasteiger partial charge in [-0.1, -0.05) is 11.2 Å². The van der Waals surface area contributed by atoms with Gasteiger partial charge in [-0.05, 0) is 44.7 Å². The third kappa shape index (κ3) is 5.03. The molecule has 164 valence electrons. The molecule has 3 aromatic rings. The van der Waals surface area contributed by atoms with Crippen molar-refractivity contribution in [2.24, 2.45) is 0 Å². The molecule has 10 heteroatoms. The Morgan fingerprint density at radius 1 is 1.39 bits per heavy atom. The number of esters is 1. The normalized spacial score (nSPS) is 16.9. The second kappa shape index (κ2) is 9.71. The Morgan fingerprint density at radius 3 is 2.97 bits per heavy atom. The third-order valence-electron chi connectivity index (χ3n) is 5.08. The van der Waals surface area contributed by atoms with Crippen LogP contribution in [-0.4, -0.2) is 53.2 Å². The Kier molecular flexibility index (Phi) is 6.79. The van der Waals surface area contributed by atoms with Crippen LogP contribution in [0.15, 0.2) is 27.4 Å². The van der Waals surface area contributed by atoms with Gasteiger partial charge in [-0.25, -0.2) is 4.79 Å². The number of piperidine rings is 1. The summed E-state index contributed by atoms with van der Waals surface area (Å²) in [6, 6.07) is 3.89. The minimum absolute atomic E-state index is 0.130. The van der Waals surface area contributed by atoms with Crippen LogP contribution in [0.2, 0.25) is 0 Å². The van der Waals surface area contributed by atoms with Gasteiger partial charge in [0.25, 0.3) is 0 Å². The molecule has 0 spiro atoms. The summed E-state index contributed by atoms with van der Waals surface area (Å²) < 4.78 is 10.6. The Morgan fingerprint density at radius 2 is 2.26 bits per heavy atom. The summed E-state index contributed by atoms with van der Waals surface area (Å²) in [4.78, 5) is 32.8. The summed E-state index contributed by atoms with van der Waals surface area (Å²) in [6.07, 6.45) is 1.91. The predicted octanol–water partition coefficient (Wildman–Crippen LogP) is 4.16. The maximum atomic E-state index is 12.8. The zero-order chi connectivity index (χ0) is 21.8. The highest BCUT2D eigenvalue weighted by Gasteiger charge is 2.28. The van der Waals surface area contributed by atoms with Crippen LogP contribution in [0.1, 0.15) is 47.8 Å². The van der Waals surface area contributed by atoms with Gasteiger partial charge in [0.05, 0.1) is 19.1 Å². The lowest BCUT2D eigenvalue weighted by Crippen LogP contribution is -2.39. The van der Waals surface area contributed by atoms with Crippen LogP contribution in [-0.2, 0) is 9.53 Å². The van der Waals surface area contributed by atoms with Crippen molar-refractivity contribution in [1.29, 1.82) is 0 Å². The number of anilines is 1. The van der Waals surface area contributed by atoms with Crippen molar-refractivity contribution < 1.29 is 18.8 Å². The molecule has 1 saturated heterocycles. The number of rotatable bonds is 7. The number of ether oxygens (including phenoxy) is 1. The van der Waals surface area contributed by atoms with Crippen LogP contribution >= 0.6 is 22.7 Å². The Bertz CT molecular complexity index is 1040. The maximum Gasteiger partial charge on any atom is 0.341 e. The first-order valence-corrected chi connectivity index (χ1v) is 12.0. The van der Waals surface area contributed by atoms with Crippen LogP contribution in [0.3, 0.4) is 0 Å². The smallest absolute Gasteiger partial charge is 0.341 e. The highest BCUT2D eigenvalue weighted by molar-refractivity contribution is 7.17. The van der Waals surface area contributed by atoms with Crippen LogP contribution in [0.4, 0.5) is 5.00 Å².